The summed E-state index contributed by atoms with van der Waals surface area (Å²) in [6.45, 7) is 2.18. The number of hydrogen-bond donors (Lipinski definition) is 3. The molecule has 2 rings (SSSR count). The number of H-pyrrole nitrogens is 1. The predicted molar refractivity (Wildman–Crippen MR) is 82.5 cm³/mol. The van der Waals surface area contributed by atoms with Gasteiger partial charge in [0, 0.05) is 12.6 Å². The van der Waals surface area contributed by atoms with E-state index in [1.165, 1.54) is 19.3 Å². The summed E-state index contributed by atoms with van der Waals surface area (Å²) in [5, 5.41) is 9.83. The van der Waals surface area contributed by atoms with Gasteiger partial charge in [0.25, 0.3) is 0 Å². The van der Waals surface area contributed by atoms with Gasteiger partial charge in [0.1, 0.15) is 4.90 Å². The summed E-state index contributed by atoms with van der Waals surface area (Å²) in [7, 11) is -1.73. The third kappa shape index (κ3) is 4.28. The summed E-state index contributed by atoms with van der Waals surface area (Å²) in [6, 6.07) is 0.0482. The van der Waals surface area contributed by atoms with Crippen molar-refractivity contribution in [3.8, 4) is 0 Å². The number of rotatable bonds is 5. The van der Waals surface area contributed by atoms with Gasteiger partial charge in [-0.25, -0.2) is 13.1 Å². The first-order valence-corrected chi connectivity index (χ1v) is 9.23. The van der Waals surface area contributed by atoms with E-state index in [1.54, 1.807) is 14.0 Å². The van der Waals surface area contributed by atoms with Gasteiger partial charge in [-0.05, 0) is 26.8 Å². The summed E-state index contributed by atoms with van der Waals surface area (Å²) >= 11 is 0. The molecule has 0 aromatic carbocycles. The van der Waals surface area contributed by atoms with Crippen molar-refractivity contribution in [2.75, 3.05) is 7.05 Å². The van der Waals surface area contributed by atoms with E-state index in [1.807, 2.05) is 0 Å². The quantitative estimate of drug-likeness (QED) is 0.774. The van der Waals surface area contributed by atoms with E-state index in [9.17, 15) is 8.42 Å². The van der Waals surface area contributed by atoms with Crippen molar-refractivity contribution >= 4 is 10.0 Å². The lowest BCUT2D eigenvalue weighted by atomic mass is 9.97. The highest BCUT2D eigenvalue weighted by Gasteiger charge is 2.26. The molecule has 0 unspecified atom stereocenters. The minimum atomic E-state index is -3.51. The molecule has 21 heavy (non-hydrogen) atoms. The molecule has 1 saturated carbocycles. The van der Waals surface area contributed by atoms with Crippen LogP contribution in [0.25, 0.3) is 0 Å². The molecule has 1 heterocycles. The van der Waals surface area contributed by atoms with Crippen LogP contribution in [-0.2, 0) is 16.6 Å². The van der Waals surface area contributed by atoms with Gasteiger partial charge in [0.2, 0.25) is 10.0 Å². The minimum absolute atomic E-state index is 0.0482. The maximum absolute atomic E-state index is 12.7. The van der Waals surface area contributed by atoms with Crippen molar-refractivity contribution in [1.82, 2.24) is 20.2 Å². The standard InChI is InChI=1S/C14H26N4O2S/c1-11-14(13(10-15-2)17-16-11)21(19,20)18-12-8-6-4-3-5-7-9-12/h12,15,18H,3-10H2,1-2H3,(H,16,17). The molecule has 120 valence electrons. The van der Waals surface area contributed by atoms with E-state index in [2.05, 4.69) is 20.2 Å². The van der Waals surface area contributed by atoms with Crippen molar-refractivity contribution in [2.24, 2.45) is 0 Å². The van der Waals surface area contributed by atoms with Gasteiger partial charge in [-0.15, -0.1) is 0 Å². The second-order valence-electron chi connectivity index (χ2n) is 5.82. The molecule has 0 radical (unpaired) electrons. The number of hydrogen-bond acceptors (Lipinski definition) is 4. The van der Waals surface area contributed by atoms with Crippen molar-refractivity contribution in [3.63, 3.8) is 0 Å². The first-order valence-electron chi connectivity index (χ1n) is 7.75. The van der Waals surface area contributed by atoms with E-state index in [-0.39, 0.29) is 6.04 Å². The van der Waals surface area contributed by atoms with Crippen LogP contribution < -0.4 is 10.0 Å². The average molecular weight is 314 g/mol. The lowest BCUT2D eigenvalue weighted by Gasteiger charge is -2.21. The summed E-state index contributed by atoms with van der Waals surface area (Å²) in [5.74, 6) is 0. The molecule has 1 aromatic heterocycles. The maximum atomic E-state index is 12.7. The number of aryl methyl sites for hydroxylation is 1. The molecule has 0 saturated heterocycles. The largest absolute Gasteiger partial charge is 0.314 e. The molecule has 1 aliphatic rings. The fourth-order valence-electron chi connectivity index (χ4n) is 2.97. The Morgan fingerprint density at radius 2 is 1.81 bits per heavy atom. The van der Waals surface area contributed by atoms with Gasteiger partial charge in [-0.3, -0.25) is 5.10 Å². The highest BCUT2D eigenvalue weighted by Crippen LogP contribution is 2.22. The van der Waals surface area contributed by atoms with Crippen LogP contribution in [0.3, 0.4) is 0 Å². The van der Waals surface area contributed by atoms with Crippen LogP contribution in [0.1, 0.15) is 56.3 Å². The van der Waals surface area contributed by atoms with E-state index >= 15 is 0 Å². The third-order valence-corrected chi connectivity index (χ3v) is 5.72. The van der Waals surface area contributed by atoms with Crippen molar-refractivity contribution in [2.45, 2.75) is 69.4 Å². The lowest BCUT2D eigenvalue weighted by molar-refractivity contribution is 0.426. The first kappa shape index (κ1) is 16.5. The van der Waals surface area contributed by atoms with Crippen LogP contribution in [0, 0.1) is 6.92 Å². The number of sulfonamides is 1. The Morgan fingerprint density at radius 3 is 2.43 bits per heavy atom. The molecule has 0 bridgehead atoms. The summed E-state index contributed by atoms with van der Waals surface area (Å²) in [6.07, 6.45) is 7.73. The number of aromatic nitrogens is 2. The normalized spacial score (nSPS) is 18.4. The van der Waals surface area contributed by atoms with Crippen LogP contribution in [0.15, 0.2) is 4.90 Å². The van der Waals surface area contributed by atoms with Gasteiger partial charge < -0.3 is 5.32 Å². The van der Waals surface area contributed by atoms with E-state index in [0.29, 0.717) is 22.8 Å². The molecular weight excluding hydrogens is 288 g/mol. The molecule has 0 atom stereocenters. The summed E-state index contributed by atoms with van der Waals surface area (Å²) in [4.78, 5) is 0.305. The Bertz CT molecular complexity index is 545. The smallest absolute Gasteiger partial charge is 0.244 e. The molecule has 0 spiro atoms. The van der Waals surface area contributed by atoms with Crippen LogP contribution in [0.2, 0.25) is 0 Å². The Balaban J connectivity index is 2.15. The maximum Gasteiger partial charge on any atom is 0.244 e. The molecular formula is C14H26N4O2S. The van der Waals surface area contributed by atoms with Gasteiger partial charge in [-0.2, -0.15) is 5.10 Å². The zero-order chi connectivity index (χ0) is 15.3. The number of aromatic amines is 1. The van der Waals surface area contributed by atoms with Crippen LogP contribution in [-0.4, -0.2) is 31.7 Å². The monoisotopic (exact) mass is 314 g/mol. The fourth-order valence-corrected chi connectivity index (χ4v) is 4.63. The molecule has 6 nitrogen and oxygen atoms in total. The Kier molecular flexibility index (Phi) is 5.78. The SMILES string of the molecule is CNCc1n[nH]c(C)c1S(=O)(=O)NC1CCCCCCC1. The van der Waals surface area contributed by atoms with Crippen LogP contribution in [0.5, 0.6) is 0 Å². The Morgan fingerprint density at radius 1 is 1.19 bits per heavy atom. The van der Waals surface area contributed by atoms with Crippen LogP contribution >= 0.6 is 0 Å². The average Bonchev–Trinajstić information content (AvgIpc) is 2.75. The highest BCUT2D eigenvalue weighted by molar-refractivity contribution is 7.89. The molecule has 1 aliphatic carbocycles. The second-order valence-corrected chi connectivity index (χ2v) is 7.47. The number of nitrogens with zero attached hydrogens (tertiary/aromatic N) is 1. The number of nitrogens with one attached hydrogen (secondary N) is 3. The summed E-state index contributed by atoms with van der Waals surface area (Å²) < 4.78 is 28.2. The van der Waals surface area contributed by atoms with E-state index in [0.717, 1.165) is 25.7 Å². The van der Waals surface area contributed by atoms with Crippen molar-refractivity contribution < 1.29 is 8.42 Å². The highest BCUT2D eigenvalue weighted by atomic mass is 32.2. The summed E-state index contributed by atoms with van der Waals surface area (Å²) in [5.41, 5.74) is 1.15. The zero-order valence-corrected chi connectivity index (χ0v) is 13.7. The van der Waals surface area contributed by atoms with Gasteiger partial charge in [0.05, 0.1) is 11.4 Å². The Hall–Kier alpha value is -0.920. The minimum Gasteiger partial charge on any atom is -0.314 e. The fraction of sp³-hybridized carbons (Fsp3) is 0.786. The van der Waals surface area contributed by atoms with Gasteiger partial charge in [0.15, 0.2) is 0 Å². The van der Waals surface area contributed by atoms with E-state index in [4.69, 9.17) is 0 Å². The van der Waals surface area contributed by atoms with Crippen LogP contribution in [0.4, 0.5) is 0 Å². The van der Waals surface area contributed by atoms with Crippen molar-refractivity contribution in [1.29, 1.82) is 0 Å². The molecule has 7 heteroatoms. The molecule has 3 N–H and O–H groups in total. The zero-order valence-electron chi connectivity index (χ0n) is 12.9. The van der Waals surface area contributed by atoms with Crippen molar-refractivity contribution in [3.05, 3.63) is 11.4 Å². The van der Waals surface area contributed by atoms with Gasteiger partial charge in [-0.1, -0.05) is 32.1 Å². The second kappa shape index (κ2) is 7.38. The molecule has 0 aliphatic heterocycles. The van der Waals surface area contributed by atoms with E-state index < -0.39 is 10.0 Å². The predicted octanol–water partition coefficient (Wildman–Crippen LogP) is 1.83. The van der Waals surface area contributed by atoms with Gasteiger partial charge >= 0.3 is 0 Å². The first-order chi connectivity index (χ1) is 10.0. The third-order valence-electron chi connectivity index (χ3n) is 4.00. The molecule has 1 fully saturated rings. The molecule has 0 amide bonds. The lowest BCUT2D eigenvalue weighted by Crippen LogP contribution is -2.36. The topological polar surface area (TPSA) is 86.9 Å². The Labute approximate surface area is 127 Å². The molecule has 1 aromatic rings.